The average Bonchev–Trinajstić information content (AvgIpc) is 3.19. The Hall–Kier alpha value is -2.15. The molecule has 0 bridgehead atoms. The molecule has 2 aromatic rings. The van der Waals surface area contributed by atoms with E-state index in [-0.39, 0.29) is 5.91 Å². The van der Waals surface area contributed by atoms with Crippen molar-refractivity contribution in [3.8, 4) is 0 Å². The van der Waals surface area contributed by atoms with Crippen LogP contribution in [0.2, 0.25) is 0 Å². The lowest BCUT2D eigenvalue weighted by molar-refractivity contribution is 0.0594. The van der Waals surface area contributed by atoms with E-state index >= 15 is 0 Å². The van der Waals surface area contributed by atoms with Gasteiger partial charge in [-0.15, -0.1) is 0 Å². The molecule has 0 radical (unpaired) electrons. The summed E-state index contributed by atoms with van der Waals surface area (Å²) < 4.78 is 10.4. The van der Waals surface area contributed by atoms with Gasteiger partial charge in [-0.05, 0) is 18.1 Å². The molecule has 0 saturated carbocycles. The third-order valence-electron chi connectivity index (χ3n) is 3.85. The normalized spacial score (nSPS) is 16.2. The van der Waals surface area contributed by atoms with Crippen LogP contribution < -0.4 is 0 Å². The fourth-order valence-corrected chi connectivity index (χ4v) is 2.65. The van der Waals surface area contributed by atoms with Gasteiger partial charge >= 0.3 is 0 Å². The fraction of sp³-hybridized carbons (Fsp3) is 0.562. The van der Waals surface area contributed by atoms with Gasteiger partial charge in [-0.1, -0.05) is 19.0 Å². The first-order valence-electron chi connectivity index (χ1n) is 7.98. The van der Waals surface area contributed by atoms with E-state index in [1.165, 1.54) is 6.26 Å². The van der Waals surface area contributed by atoms with Gasteiger partial charge in [0.25, 0.3) is 5.91 Å². The van der Waals surface area contributed by atoms with Gasteiger partial charge in [0.15, 0.2) is 11.6 Å². The standard InChI is InChI=1S/C16H22N4O3/c1-12(2)10-15-17-14(18-23-15)11-19-5-7-20(8-6-19)16(21)13-4-3-9-22-13/h3-4,9,12H,5-8,10-11H2,1-2H3. The van der Waals surface area contributed by atoms with Crippen molar-refractivity contribution in [3.05, 3.63) is 35.9 Å². The molecule has 0 aliphatic carbocycles. The summed E-state index contributed by atoms with van der Waals surface area (Å²) in [5.74, 6) is 2.26. The van der Waals surface area contributed by atoms with Crippen LogP contribution in [0.25, 0.3) is 0 Å². The maximum Gasteiger partial charge on any atom is 0.289 e. The third-order valence-corrected chi connectivity index (χ3v) is 3.85. The lowest BCUT2D eigenvalue weighted by atomic mass is 10.1. The Morgan fingerprint density at radius 3 is 2.74 bits per heavy atom. The molecule has 1 aliphatic heterocycles. The Kier molecular flexibility index (Phi) is 4.76. The molecule has 0 aromatic carbocycles. The number of aromatic nitrogens is 2. The first kappa shape index (κ1) is 15.7. The summed E-state index contributed by atoms with van der Waals surface area (Å²) in [4.78, 5) is 20.7. The number of hydrogen-bond donors (Lipinski definition) is 0. The van der Waals surface area contributed by atoms with Gasteiger partial charge in [0.2, 0.25) is 5.89 Å². The molecular weight excluding hydrogens is 296 g/mol. The first-order chi connectivity index (χ1) is 11.1. The van der Waals surface area contributed by atoms with Crippen LogP contribution in [0.3, 0.4) is 0 Å². The predicted molar refractivity (Wildman–Crippen MR) is 82.7 cm³/mol. The van der Waals surface area contributed by atoms with Crippen molar-refractivity contribution < 1.29 is 13.7 Å². The van der Waals surface area contributed by atoms with E-state index in [1.807, 2.05) is 4.90 Å². The topological polar surface area (TPSA) is 75.6 Å². The summed E-state index contributed by atoms with van der Waals surface area (Å²) in [6, 6.07) is 3.43. The van der Waals surface area contributed by atoms with Crippen molar-refractivity contribution in [1.82, 2.24) is 19.9 Å². The Bertz CT molecular complexity index is 628. The Balaban J connectivity index is 1.49. The zero-order valence-electron chi connectivity index (χ0n) is 13.6. The number of piperazine rings is 1. The van der Waals surface area contributed by atoms with Gasteiger partial charge in [-0.25, -0.2) is 0 Å². The molecule has 7 heteroatoms. The molecule has 23 heavy (non-hydrogen) atoms. The monoisotopic (exact) mass is 318 g/mol. The molecule has 0 N–H and O–H groups in total. The molecule has 2 aromatic heterocycles. The number of carbonyl (C=O) groups excluding carboxylic acids is 1. The van der Waals surface area contributed by atoms with Crippen molar-refractivity contribution in [1.29, 1.82) is 0 Å². The molecule has 1 fully saturated rings. The maximum atomic E-state index is 12.2. The second kappa shape index (κ2) is 6.95. The van der Waals surface area contributed by atoms with E-state index in [0.29, 0.717) is 43.0 Å². The molecule has 0 unspecified atom stereocenters. The summed E-state index contributed by atoms with van der Waals surface area (Å²) in [5.41, 5.74) is 0. The number of hydrogen-bond acceptors (Lipinski definition) is 6. The first-order valence-corrected chi connectivity index (χ1v) is 7.98. The van der Waals surface area contributed by atoms with Crippen molar-refractivity contribution in [2.45, 2.75) is 26.8 Å². The van der Waals surface area contributed by atoms with E-state index in [0.717, 1.165) is 19.5 Å². The summed E-state index contributed by atoms with van der Waals surface area (Å²) in [6.07, 6.45) is 2.33. The summed E-state index contributed by atoms with van der Waals surface area (Å²) in [7, 11) is 0. The van der Waals surface area contributed by atoms with Crippen LogP contribution in [0.5, 0.6) is 0 Å². The molecular formula is C16H22N4O3. The van der Waals surface area contributed by atoms with Crippen LogP contribution in [0.4, 0.5) is 0 Å². The largest absolute Gasteiger partial charge is 0.459 e. The van der Waals surface area contributed by atoms with E-state index in [2.05, 4.69) is 28.9 Å². The van der Waals surface area contributed by atoms with E-state index in [1.54, 1.807) is 12.1 Å². The van der Waals surface area contributed by atoms with Gasteiger partial charge in [0, 0.05) is 32.6 Å². The highest BCUT2D eigenvalue weighted by Gasteiger charge is 2.24. The van der Waals surface area contributed by atoms with E-state index in [9.17, 15) is 4.79 Å². The summed E-state index contributed by atoms with van der Waals surface area (Å²) in [6.45, 7) is 7.84. The van der Waals surface area contributed by atoms with E-state index < -0.39 is 0 Å². The van der Waals surface area contributed by atoms with Gasteiger partial charge in [0.1, 0.15) is 0 Å². The van der Waals surface area contributed by atoms with Crippen LogP contribution in [0, 0.1) is 5.92 Å². The SMILES string of the molecule is CC(C)Cc1nc(CN2CCN(C(=O)c3ccco3)CC2)no1. The Morgan fingerprint density at radius 1 is 1.30 bits per heavy atom. The molecule has 124 valence electrons. The molecule has 7 nitrogen and oxygen atoms in total. The number of carbonyl (C=O) groups is 1. The molecule has 1 aliphatic rings. The quantitative estimate of drug-likeness (QED) is 0.837. The van der Waals surface area contributed by atoms with Crippen LogP contribution in [-0.2, 0) is 13.0 Å². The van der Waals surface area contributed by atoms with E-state index in [4.69, 9.17) is 8.94 Å². The number of rotatable bonds is 5. The zero-order valence-corrected chi connectivity index (χ0v) is 13.6. The number of amides is 1. The van der Waals surface area contributed by atoms with Gasteiger partial charge in [-0.3, -0.25) is 9.69 Å². The molecule has 3 rings (SSSR count). The number of furan rings is 1. The van der Waals surface area contributed by atoms with Crippen LogP contribution >= 0.6 is 0 Å². The van der Waals surface area contributed by atoms with Crippen LogP contribution in [0.1, 0.15) is 36.1 Å². The second-order valence-electron chi connectivity index (χ2n) is 6.25. The highest BCUT2D eigenvalue weighted by atomic mass is 16.5. The van der Waals surface area contributed by atoms with Gasteiger partial charge in [-0.2, -0.15) is 4.98 Å². The molecule has 1 saturated heterocycles. The highest BCUT2D eigenvalue weighted by molar-refractivity contribution is 5.91. The van der Waals surface area contributed by atoms with Crippen LogP contribution in [-0.4, -0.2) is 52.0 Å². The third kappa shape index (κ3) is 3.98. The number of nitrogens with zero attached hydrogens (tertiary/aromatic N) is 4. The average molecular weight is 318 g/mol. The van der Waals surface area contributed by atoms with Crippen LogP contribution in [0.15, 0.2) is 27.3 Å². The predicted octanol–water partition coefficient (Wildman–Crippen LogP) is 1.82. The minimum atomic E-state index is -0.0477. The fourth-order valence-electron chi connectivity index (χ4n) is 2.65. The molecule has 0 spiro atoms. The second-order valence-corrected chi connectivity index (χ2v) is 6.25. The smallest absolute Gasteiger partial charge is 0.289 e. The van der Waals surface area contributed by atoms with Gasteiger partial charge < -0.3 is 13.8 Å². The summed E-state index contributed by atoms with van der Waals surface area (Å²) >= 11 is 0. The molecule has 0 atom stereocenters. The zero-order chi connectivity index (χ0) is 16.2. The van der Waals surface area contributed by atoms with Crippen molar-refractivity contribution in [2.24, 2.45) is 5.92 Å². The van der Waals surface area contributed by atoms with Crippen molar-refractivity contribution in [2.75, 3.05) is 26.2 Å². The highest BCUT2D eigenvalue weighted by Crippen LogP contribution is 2.12. The minimum Gasteiger partial charge on any atom is -0.459 e. The summed E-state index contributed by atoms with van der Waals surface area (Å²) in [5, 5.41) is 4.03. The lowest BCUT2D eigenvalue weighted by Crippen LogP contribution is -2.48. The van der Waals surface area contributed by atoms with Gasteiger partial charge in [0.05, 0.1) is 12.8 Å². The van der Waals surface area contributed by atoms with Crippen molar-refractivity contribution >= 4 is 5.91 Å². The van der Waals surface area contributed by atoms with Crippen molar-refractivity contribution in [3.63, 3.8) is 0 Å². The Labute approximate surface area is 135 Å². The maximum absolute atomic E-state index is 12.2. The Morgan fingerprint density at radius 2 is 2.09 bits per heavy atom. The molecule has 1 amide bonds. The minimum absolute atomic E-state index is 0.0477. The molecule has 3 heterocycles. The lowest BCUT2D eigenvalue weighted by Gasteiger charge is -2.33.